The standard InChI is InChI=1S/C25H26F3N3O2/c1-29-24(32)23(19-8-4-3-5-9-19)31(21-14-15-22(33-2)30-17-21)16-6-7-18-10-12-20(13-11-18)25(26,27)28/h3-5,8-15,17,23H,6-7,16H2,1-2H3,(H,29,32). The molecule has 0 aliphatic rings. The van der Waals surface area contributed by atoms with Crippen LogP contribution in [0.3, 0.4) is 0 Å². The number of hydrogen-bond donors (Lipinski definition) is 1. The molecule has 3 rings (SSSR count). The monoisotopic (exact) mass is 457 g/mol. The first-order chi connectivity index (χ1) is 15.8. The van der Waals surface area contributed by atoms with E-state index in [0.717, 1.165) is 28.9 Å². The largest absolute Gasteiger partial charge is 0.481 e. The number of anilines is 1. The summed E-state index contributed by atoms with van der Waals surface area (Å²) >= 11 is 0. The van der Waals surface area contributed by atoms with Crippen LogP contribution in [-0.2, 0) is 17.4 Å². The molecule has 8 heteroatoms. The minimum atomic E-state index is -4.35. The van der Waals surface area contributed by atoms with Gasteiger partial charge in [0.1, 0.15) is 6.04 Å². The summed E-state index contributed by atoms with van der Waals surface area (Å²) in [5.41, 5.74) is 1.69. The molecule has 0 radical (unpaired) electrons. The molecule has 33 heavy (non-hydrogen) atoms. The lowest BCUT2D eigenvalue weighted by molar-refractivity contribution is -0.137. The number of pyridine rings is 1. The van der Waals surface area contributed by atoms with E-state index >= 15 is 0 Å². The second-order valence-corrected chi connectivity index (χ2v) is 7.48. The second-order valence-electron chi connectivity index (χ2n) is 7.48. The van der Waals surface area contributed by atoms with Gasteiger partial charge in [-0.25, -0.2) is 4.98 Å². The lowest BCUT2D eigenvalue weighted by Gasteiger charge is -2.33. The Kier molecular flexibility index (Phi) is 7.92. The summed E-state index contributed by atoms with van der Waals surface area (Å²) in [6, 6.07) is 17.6. The highest BCUT2D eigenvalue weighted by molar-refractivity contribution is 5.86. The van der Waals surface area contributed by atoms with Crippen molar-refractivity contribution in [2.45, 2.75) is 25.1 Å². The first-order valence-corrected chi connectivity index (χ1v) is 10.5. The van der Waals surface area contributed by atoms with Gasteiger partial charge in [0.2, 0.25) is 11.8 Å². The minimum absolute atomic E-state index is 0.174. The highest BCUT2D eigenvalue weighted by Gasteiger charge is 2.30. The van der Waals surface area contributed by atoms with Crippen LogP contribution in [0.15, 0.2) is 72.9 Å². The van der Waals surface area contributed by atoms with Crippen LogP contribution < -0.4 is 15.0 Å². The number of carbonyl (C=O) groups excluding carboxylic acids is 1. The molecule has 1 aromatic heterocycles. The lowest BCUT2D eigenvalue weighted by atomic mass is 10.0. The van der Waals surface area contributed by atoms with Gasteiger partial charge in [0, 0.05) is 19.7 Å². The van der Waals surface area contributed by atoms with Crippen molar-refractivity contribution in [3.05, 3.63) is 89.6 Å². The maximum atomic E-state index is 12.9. The smallest absolute Gasteiger partial charge is 0.416 e. The number of likely N-dealkylation sites (N-methyl/N-ethyl adjacent to an activating group) is 1. The predicted octanol–water partition coefficient (Wildman–Crippen LogP) is 5.04. The van der Waals surface area contributed by atoms with Crippen LogP contribution in [-0.4, -0.2) is 31.6 Å². The fourth-order valence-electron chi connectivity index (χ4n) is 3.63. The van der Waals surface area contributed by atoms with Gasteiger partial charge < -0.3 is 15.0 Å². The van der Waals surface area contributed by atoms with Gasteiger partial charge in [-0.1, -0.05) is 42.5 Å². The van der Waals surface area contributed by atoms with Gasteiger partial charge in [0.15, 0.2) is 0 Å². The van der Waals surface area contributed by atoms with Crippen molar-refractivity contribution >= 4 is 11.6 Å². The number of ether oxygens (including phenoxy) is 1. The number of nitrogens with zero attached hydrogens (tertiary/aromatic N) is 2. The van der Waals surface area contributed by atoms with Crippen molar-refractivity contribution in [1.29, 1.82) is 0 Å². The van der Waals surface area contributed by atoms with E-state index in [4.69, 9.17) is 4.74 Å². The number of aromatic nitrogens is 1. The Morgan fingerprint density at radius 3 is 2.30 bits per heavy atom. The van der Waals surface area contributed by atoms with Gasteiger partial charge in [0.25, 0.3) is 0 Å². The van der Waals surface area contributed by atoms with Crippen molar-refractivity contribution in [3.63, 3.8) is 0 Å². The molecule has 0 fully saturated rings. The van der Waals surface area contributed by atoms with Crippen LogP contribution >= 0.6 is 0 Å². The summed E-state index contributed by atoms with van der Waals surface area (Å²) in [5, 5.41) is 2.73. The third-order valence-corrected chi connectivity index (χ3v) is 5.33. The van der Waals surface area contributed by atoms with E-state index in [1.54, 1.807) is 19.3 Å². The highest BCUT2D eigenvalue weighted by Crippen LogP contribution is 2.30. The fraction of sp³-hybridized carbons (Fsp3) is 0.280. The Labute approximate surface area is 191 Å². The van der Waals surface area contributed by atoms with Gasteiger partial charge in [-0.3, -0.25) is 4.79 Å². The number of alkyl halides is 3. The molecule has 0 aliphatic carbocycles. The summed E-state index contributed by atoms with van der Waals surface area (Å²) in [7, 11) is 3.12. The van der Waals surface area contributed by atoms with E-state index in [0.29, 0.717) is 25.3 Å². The number of nitrogens with one attached hydrogen (secondary N) is 1. The molecule has 1 N–H and O–H groups in total. The summed E-state index contributed by atoms with van der Waals surface area (Å²) in [6.07, 6.45) is -1.52. The molecule has 5 nitrogen and oxygen atoms in total. The molecule has 1 unspecified atom stereocenters. The van der Waals surface area contributed by atoms with E-state index in [1.165, 1.54) is 19.2 Å². The quantitative estimate of drug-likeness (QED) is 0.489. The molecule has 1 amide bonds. The molecule has 3 aromatic rings. The van der Waals surface area contributed by atoms with Gasteiger partial charge in [-0.2, -0.15) is 13.2 Å². The molecule has 1 atom stereocenters. The normalized spacial score (nSPS) is 12.2. The van der Waals surface area contributed by atoms with E-state index in [9.17, 15) is 18.0 Å². The molecule has 0 saturated heterocycles. The summed E-state index contributed by atoms with van der Waals surface area (Å²) in [4.78, 5) is 19.1. The molecule has 1 heterocycles. The molecule has 0 saturated carbocycles. The van der Waals surface area contributed by atoms with Crippen molar-refractivity contribution in [2.24, 2.45) is 0 Å². The topological polar surface area (TPSA) is 54.5 Å². The first-order valence-electron chi connectivity index (χ1n) is 10.5. The number of methoxy groups -OCH3 is 1. The van der Waals surface area contributed by atoms with Gasteiger partial charge >= 0.3 is 6.18 Å². The Morgan fingerprint density at radius 1 is 1.06 bits per heavy atom. The number of carbonyl (C=O) groups is 1. The third kappa shape index (κ3) is 6.25. The van der Waals surface area contributed by atoms with E-state index in [-0.39, 0.29) is 5.91 Å². The molecular formula is C25H26F3N3O2. The van der Waals surface area contributed by atoms with Crippen molar-refractivity contribution in [1.82, 2.24) is 10.3 Å². The van der Waals surface area contributed by atoms with Crippen LogP contribution in [0.5, 0.6) is 5.88 Å². The first kappa shape index (κ1) is 24.1. The molecular weight excluding hydrogens is 431 g/mol. The van der Waals surface area contributed by atoms with Gasteiger partial charge in [-0.05, 0) is 42.2 Å². The summed E-state index contributed by atoms with van der Waals surface area (Å²) in [6.45, 7) is 0.488. The van der Waals surface area contributed by atoms with E-state index < -0.39 is 17.8 Å². The van der Waals surface area contributed by atoms with E-state index in [2.05, 4.69) is 10.3 Å². The zero-order valence-electron chi connectivity index (χ0n) is 18.5. The molecule has 0 spiro atoms. The van der Waals surface area contributed by atoms with Gasteiger partial charge in [-0.15, -0.1) is 0 Å². The van der Waals surface area contributed by atoms with Crippen LogP contribution in [0.2, 0.25) is 0 Å². The number of amides is 1. The number of hydrogen-bond acceptors (Lipinski definition) is 4. The van der Waals surface area contributed by atoms with Crippen LogP contribution in [0, 0.1) is 0 Å². The highest BCUT2D eigenvalue weighted by atomic mass is 19.4. The summed E-state index contributed by atoms with van der Waals surface area (Å²) < 4.78 is 43.6. The van der Waals surface area contributed by atoms with Crippen molar-refractivity contribution in [3.8, 4) is 5.88 Å². The zero-order valence-corrected chi connectivity index (χ0v) is 18.5. The van der Waals surface area contributed by atoms with Crippen LogP contribution in [0.25, 0.3) is 0 Å². The Balaban J connectivity index is 1.84. The molecule has 0 aliphatic heterocycles. The Bertz CT molecular complexity index is 1020. The van der Waals surface area contributed by atoms with E-state index in [1.807, 2.05) is 41.3 Å². The average molecular weight is 457 g/mol. The predicted molar refractivity (Wildman–Crippen MR) is 121 cm³/mol. The van der Waals surface area contributed by atoms with Gasteiger partial charge in [0.05, 0.1) is 24.6 Å². The second kappa shape index (κ2) is 10.8. The third-order valence-electron chi connectivity index (χ3n) is 5.33. The summed E-state index contributed by atoms with van der Waals surface area (Å²) in [5.74, 6) is 0.284. The number of rotatable bonds is 9. The maximum Gasteiger partial charge on any atom is 0.416 e. The Morgan fingerprint density at radius 2 is 1.76 bits per heavy atom. The molecule has 0 bridgehead atoms. The maximum absolute atomic E-state index is 12.9. The fourth-order valence-corrected chi connectivity index (χ4v) is 3.63. The molecule has 174 valence electrons. The van der Waals surface area contributed by atoms with Crippen LogP contribution in [0.1, 0.15) is 29.2 Å². The van der Waals surface area contributed by atoms with Crippen molar-refractivity contribution < 1.29 is 22.7 Å². The average Bonchev–Trinajstić information content (AvgIpc) is 2.83. The SMILES string of the molecule is CNC(=O)C(c1ccccc1)N(CCCc1ccc(C(F)(F)F)cc1)c1ccc(OC)nc1. The van der Waals surface area contributed by atoms with Crippen molar-refractivity contribution in [2.75, 3.05) is 25.6 Å². The number of benzene rings is 2. The lowest BCUT2D eigenvalue weighted by Crippen LogP contribution is -2.40. The van der Waals surface area contributed by atoms with Crippen LogP contribution in [0.4, 0.5) is 18.9 Å². The number of aryl methyl sites for hydroxylation is 1. The molecule has 2 aromatic carbocycles. The minimum Gasteiger partial charge on any atom is -0.481 e. The number of halogens is 3. The Hall–Kier alpha value is -3.55. The zero-order chi connectivity index (χ0) is 23.8.